The summed E-state index contributed by atoms with van der Waals surface area (Å²) in [6, 6.07) is 19.6. The van der Waals surface area contributed by atoms with E-state index in [1.807, 2.05) is 6.07 Å². The Bertz CT molecular complexity index is 1070. The van der Waals surface area contributed by atoms with E-state index in [-0.39, 0.29) is 15.5 Å². The molecule has 3 aromatic rings. The molecule has 2 N–H and O–H groups in total. The lowest BCUT2D eigenvalue weighted by Crippen LogP contribution is -2.16. The lowest BCUT2D eigenvalue weighted by molar-refractivity contribution is 0.102. The van der Waals surface area contributed by atoms with Gasteiger partial charge in [0.25, 0.3) is 15.9 Å². The zero-order valence-corrected chi connectivity index (χ0v) is 17.0. The van der Waals surface area contributed by atoms with Crippen molar-refractivity contribution in [2.24, 2.45) is 0 Å². The van der Waals surface area contributed by atoms with Crippen molar-refractivity contribution in [2.75, 3.05) is 10.0 Å². The maximum Gasteiger partial charge on any atom is 0.263 e. The summed E-state index contributed by atoms with van der Waals surface area (Å²) < 4.78 is 28.7. The molecule has 0 heterocycles. The topological polar surface area (TPSA) is 75.3 Å². The predicted molar refractivity (Wildman–Crippen MR) is 111 cm³/mol. The van der Waals surface area contributed by atoms with Crippen LogP contribution in [0, 0.1) is 0 Å². The van der Waals surface area contributed by atoms with Gasteiger partial charge in [-0.1, -0.05) is 45.7 Å². The van der Waals surface area contributed by atoms with Crippen LogP contribution in [0.3, 0.4) is 0 Å². The first-order valence-electron chi connectivity index (χ1n) is 7.79. The summed E-state index contributed by atoms with van der Waals surface area (Å²) in [6.45, 7) is 0. The molecule has 0 fully saturated rings. The summed E-state index contributed by atoms with van der Waals surface area (Å²) in [6.07, 6.45) is 0. The number of amides is 1. The molecule has 5 nitrogen and oxygen atoms in total. The number of benzene rings is 3. The van der Waals surface area contributed by atoms with Crippen LogP contribution in [-0.2, 0) is 10.0 Å². The first-order valence-corrected chi connectivity index (χ1v) is 10.4. The van der Waals surface area contributed by atoms with E-state index in [0.717, 1.165) is 4.47 Å². The van der Waals surface area contributed by atoms with Crippen molar-refractivity contribution >= 4 is 54.8 Å². The second kappa shape index (κ2) is 8.12. The van der Waals surface area contributed by atoms with Gasteiger partial charge in [0.2, 0.25) is 0 Å². The van der Waals surface area contributed by atoms with Crippen LogP contribution in [-0.4, -0.2) is 14.3 Å². The zero-order chi connectivity index (χ0) is 19.4. The zero-order valence-electron chi connectivity index (χ0n) is 13.8. The molecule has 0 aromatic heterocycles. The van der Waals surface area contributed by atoms with Crippen molar-refractivity contribution in [1.82, 2.24) is 0 Å². The molecule has 8 heteroatoms. The number of nitrogens with one attached hydrogen (secondary N) is 2. The Hall–Kier alpha value is -2.35. The van der Waals surface area contributed by atoms with E-state index in [1.165, 1.54) is 18.2 Å². The van der Waals surface area contributed by atoms with Crippen molar-refractivity contribution < 1.29 is 13.2 Å². The number of hydrogen-bond acceptors (Lipinski definition) is 3. The van der Waals surface area contributed by atoms with Gasteiger partial charge in [-0.3, -0.25) is 9.52 Å². The molecule has 0 radical (unpaired) electrons. The van der Waals surface area contributed by atoms with Gasteiger partial charge in [-0.15, -0.1) is 0 Å². The number of halogens is 2. The van der Waals surface area contributed by atoms with Crippen LogP contribution in [0.2, 0.25) is 5.02 Å². The highest BCUT2D eigenvalue weighted by atomic mass is 79.9. The standard InChI is InChI=1S/C19H14BrClN2O3S/c20-14-7-9-16(10-8-14)23-27(25,26)18-12-13(6-11-17(18)21)19(24)22-15-4-2-1-3-5-15/h1-12,23H,(H,22,24). The van der Waals surface area contributed by atoms with Crippen LogP contribution in [0.25, 0.3) is 0 Å². The number of sulfonamides is 1. The number of para-hydroxylation sites is 1. The van der Waals surface area contributed by atoms with E-state index in [4.69, 9.17) is 11.6 Å². The Morgan fingerprint density at radius 3 is 2.22 bits per heavy atom. The molecule has 0 aliphatic heterocycles. The van der Waals surface area contributed by atoms with Gasteiger partial charge in [-0.05, 0) is 54.6 Å². The Morgan fingerprint density at radius 1 is 0.889 bits per heavy atom. The van der Waals surface area contributed by atoms with E-state index >= 15 is 0 Å². The third-order valence-corrected chi connectivity index (χ3v) is 6.00. The minimum atomic E-state index is -3.96. The summed E-state index contributed by atoms with van der Waals surface area (Å²) in [5.41, 5.74) is 1.17. The molecule has 1 amide bonds. The average molecular weight is 466 g/mol. The van der Waals surface area contributed by atoms with Crippen LogP contribution in [0.4, 0.5) is 11.4 Å². The second-order valence-electron chi connectivity index (χ2n) is 5.58. The number of carbonyl (C=O) groups is 1. The van der Waals surface area contributed by atoms with Crippen LogP contribution in [0.1, 0.15) is 10.4 Å². The van der Waals surface area contributed by atoms with E-state index in [9.17, 15) is 13.2 Å². The maximum absolute atomic E-state index is 12.7. The SMILES string of the molecule is O=C(Nc1ccccc1)c1ccc(Cl)c(S(=O)(=O)Nc2ccc(Br)cc2)c1. The van der Waals surface area contributed by atoms with Crippen molar-refractivity contribution in [3.63, 3.8) is 0 Å². The summed E-state index contributed by atoms with van der Waals surface area (Å²) in [5, 5.41) is 2.73. The lowest BCUT2D eigenvalue weighted by Gasteiger charge is -2.11. The highest BCUT2D eigenvalue weighted by Crippen LogP contribution is 2.26. The molecular weight excluding hydrogens is 452 g/mol. The van der Waals surface area contributed by atoms with Gasteiger partial charge in [-0.2, -0.15) is 0 Å². The summed E-state index contributed by atoms with van der Waals surface area (Å²) in [5.74, 6) is -0.432. The molecule has 3 aromatic carbocycles. The molecule has 0 spiro atoms. The lowest BCUT2D eigenvalue weighted by atomic mass is 10.2. The van der Waals surface area contributed by atoms with Gasteiger partial charge in [-0.25, -0.2) is 8.42 Å². The first kappa shape index (κ1) is 19.4. The van der Waals surface area contributed by atoms with Crippen molar-refractivity contribution in [3.8, 4) is 0 Å². The molecule has 0 bridgehead atoms. The predicted octanol–water partition coefficient (Wildman–Crippen LogP) is 5.16. The second-order valence-corrected chi connectivity index (χ2v) is 8.55. The number of anilines is 2. The third-order valence-electron chi connectivity index (χ3n) is 3.61. The fourth-order valence-electron chi connectivity index (χ4n) is 2.30. The third kappa shape index (κ3) is 4.88. The Morgan fingerprint density at radius 2 is 1.56 bits per heavy atom. The smallest absolute Gasteiger partial charge is 0.263 e. The maximum atomic E-state index is 12.7. The number of rotatable bonds is 5. The minimum Gasteiger partial charge on any atom is -0.322 e. The molecule has 0 unspecified atom stereocenters. The highest BCUT2D eigenvalue weighted by Gasteiger charge is 2.20. The molecule has 0 saturated carbocycles. The van der Waals surface area contributed by atoms with E-state index in [2.05, 4.69) is 26.0 Å². The van der Waals surface area contributed by atoms with Crippen LogP contribution < -0.4 is 10.0 Å². The normalized spacial score (nSPS) is 11.0. The monoisotopic (exact) mass is 464 g/mol. The van der Waals surface area contributed by atoms with Crippen molar-refractivity contribution in [1.29, 1.82) is 0 Å². The van der Waals surface area contributed by atoms with Gasteiger partial charge in [0.15, 0.2) is 0 Å². The summed E-state index contributed by atoms with van der Waals surface area (Å²) in [4.78, 5) is 12.3. The average Bonchev–Trinajstić information content (AvgIpc) is 2.64. The number of hydrogen-bond donors (Lipinski definition) is 2. The Balaban J connectivity index is 1.88. The molecule has 0 atom stereocenters. The van der Waals surface area contributed by atoms with Crippen LogP contribution in [0.15, 0.2) is 82.2 Å². The van der Waals surface area contributed by atoms with Crippen molar-refractivity contribution in [3.05, 3.63) is 87.9 Å². The van der Waals surface area contributed by atoms with Crippen LogP contribution in [0.5, 0.6) is 0 Å². The van der Waals surface area contributed by atoms with Gasteiger partial charge >= 0.3 is 0 Å². The van der Waals surface area contributed by atoms with E-state index in [1.54, 1.807) is 48.5 Å². The molecule has 138 valence electrons. The minimum absolute atomic E-state index is 0.0240. The molecule has 0 saturated heterocycles. The summed E-state index contributed by atoms with van der Waals surface area (Å²) in [7, 11) is -3.96. The molecule has 27 heavy (non-hydrogen) atoms. The summed E-state index contributed by atoms with van der Waals surface area (Å²) >= 11 is 9.37. The fourth-order valence-corrected chi connectivity index (χ4v) is 4.15. The molecular formula is C19H14BrClN2O3S. The van der Waals surface area contributed by atoms with Crippen molar-refractivity contribution in [2.45, 2.75) is 4.90 Å². The Kier molecular flexibility index (Phi) is 5.84. The van der Waals surface area contributed by atoms with Gasteiger partial charge in [0, 0.05) is 21.4 Å². The molecule has 0 aliphatic rings. The van der Waals surface area contributed by atoms with Crippen LogP contribution >= 0.6 is 27.5 Å². The quantitative estimate of drug-likeness (QED) is 0.547. The number of carbonyl (C=O) groups excluding carboxylic acids is 1. The first-order chi connectivity index (χ1) is 12.8. The largest absolute Gasteiger partial charge is 0.322 e. The molecule has 0 aliphatic carbocycles. The van der Waals surface area contributed by atoms with Gasteiger partial charge in [0.1, 0.15) is 4.90 Å². The van der Waals surface area contributed by atoms with Gasteiger partial charge in [0.05, 0.1) is 5.02 Å². The van der Waals surface area contributed by atoms with Gasteiger partial charge < -0.3 is 5.32 Å². The van der Waals surface area contributed by atoms with E-state index in [0.29, 0.717) is 11.4 Å². The van der Waals surface area contributed by atoms with E-state index < -0.39 is 15.9 Å². The Labute approximate surface area is 170 Å². The fraction of sp³-hybridized carbons (Fsp3) is 0. The molecule has 3 rings (SSSR count). The highest BCUT2D eigenvalue weighted by molar-refractivity contribution is 9.10.